The van der Waals surface area contributed by atoms with Crippen LogP contribution in [-0.4, -0.2) is 40.3 Å². The summed E-state index contributed by atoms with van der Waals surface area (Å²) in [6, 6.07) is 2.10. The van der Waals surface area contributed by atoms with Crippen molar-refractivity contribution in [2.24, 2.45) is 5.92 Å². The molecule has 1 saturated heterocycles. The van der Waals surface area contributed by atoms with Gasteiger partial charge in [0.1, 0.15) is 12.2 Å². The first-order valence-corrected chi connectivity index (χ1v) is 10.8. The van der Waals surface area contributed by atoms with Crippen molar-refractivity contribution in [3.8, 4) is 6.07 Å². The van der Waals surface area contributed by atoms with Crippen molar-refractivity contribution in [1.29, 1.82) is 5.26 Å². The lowest BCUT2D eigenvalue weighted by Gasteiger charge is -2.47. The Kier molecular flexibility index (Phi) is 6.40. The van der Waals surface area contributed by atoms with E-state index < -0.39 is 8.32 Å². The van der Waals surface area contributed by atoms with Gasteiger partial charge in [-0.25, -0.2) is 0 Å². The Morgan fingerprint density at radius 3 is 2.36 bits per heavy atom. The van der Waals surface area contributed by atoms with Gasteiger partial charge in [0.25, 0.3) is 0 Å². The Hall–Kier alpha value is -0.673. The highest BCUT2D eigenvalue weighted by atomic mass is 28.4. The molecule has 0 radical (unpaired) electrons. The molecule has 0 aliphatic carbocycles. The van der Waals surface area contributed by atoms with Crippen molar-refractivity contribution < 1.29 is 13.9 Å². The Bertz CT molecular complexity index is 448. The normalized spacial score (nSPS) is 31.0. The van der Waals surface area contributed by atoms with Gasteiger partial charge in [0.05, 0.1) is 18.8 Å². The third-order valence-corrected chi connectivity index (χ3v) is 9.45. The molecule has 4 atom stereocenters. The van der Waals surface area contributed by atoms with Crippen LogP contribution in [0.2, 0.25) is 18.1 Å². The van der Waals surface area contributed by atoms with Gasteiger partial charge in [0.2, 0.25) is 0 Å². The molecule has 1 rings (SSSR count). The third-order valence-electron chi connectivity index (χ3n) is 4.97. The van der Waals surface area contributed by atoms with Crippen LogP contribution in [0.1, 0.15) is 34.6 Å². The van der Waals surface area contributed by atoms with Gasteiger partial charge in [-0.05, 0) is 30.6 Å². The summed E-state index contributed by atoms with van der Waals surface area (Å²) in [6.07, 6.45) is 1.15. The van der Waals surface area contributed by atoms with Crippen LogP contribution < -0.4 is 0 Å². The monoisotopic (exact) mass is 325 g/mol. The maximum atomic E-state index is 8.95. The SMILES string of the molecule is CO[C@@H]1[C@@H](O[Si](C)(C)C(C)(C)C)[C@H](/C(C)=C/C#N)OC[C@@H]1C. The molecule has 4 nitrogen and oxygen atoms in total. The summed E-state index contributed by atoms with van der Waals surface area (Å²) in [4.78, 5) is 0. The number of nitrogens with zero attached hydrogens (tertiary/aromatic N) is 1. The number of hydrogen-bond donors (Lipinski definition) is 0. The van der Waals surface area contributed by atoms with Gasteiger partial charge in [0.15, 0.2) is 8.32 Å². The van der Waals surface area contributed by atoms with Crippen LogP contribution in [0.25, 0.3) is 0 Å². The average molecular weight is 326 g/mol. The molecule has 126 valence electrons. The third kappa shape index (κ3) is 4.20. The van der Waals surface area contributed by atoms with Crippen LogP contribution in [-0.2, 0) is 13.9 Å². The Labute approximate surface area is 136 Å². The van der Waals surface area contributed by atoms with Gasteiger partial charge >= 0.3 is 0 Å². The lowest BCUT2D eigenvalue weighted by atomic mass is 9.90. The van der Waals surface area contributed by atoms with Crippen LogP contribution in [0.5, 0.6) is 0 Å². The van der Waals surface area contributed by atoms with Crippen molar-refractivity contribution in [3.05, 3.63) is 11.6 Å². The summed E-state index contributed by atoms with van der Waals surface area (Å²) in [5, 5.41) is 9.06. The lowest BCUT2D eigenvalue weighted by molar-refractivity contribution is -0.152. The number of hydrogen-bond acceptors (Lipinski definition) is 4. The fraction of sp³-hybridized carbons (Fsp3) is 0.824. The summed E-state index contributed by atoms with van der Waals surface area (Å²) in [7, 11) is -0.230. The Morgan fingerprint density at radius 2 is 1.91 bits per heavy atom. The predicted octanol–water partition coefficient (Wildman–Crippen LogP) is 3.90. The second kappa shape index (κ2) is 7.27. The van der Waals surface area contributed by atoms with Gasteiger partial charge < -0.3 is 13.9 Å². The van der Waals surface area contributed by atoms with Gasteiger partial charge in [-0.3, -0.25) is 0 Å². The van der Waals surface area contributed by atoms with E-state index in [1.807, 2.05) is 6.92 Å². The van der Waals surface area contributed by atoms with Crippen molar-refractivity contribution in [2.45, 2.75) is 71.1 Å². The average Bonchev–Trinajstić information content (AvgIpc) is 2.37. The fourth-order valence-electron chi connectivity index (χ4n) is 2.53. The first-order valence-electron chi connectivity index (χ1n) is 7.93. The second-order valence-corrected chi connectivity index (χ2v) is 12.5. The minimum atomic E-state index is -1.96. The summed E-state index contributed by atoms with van der Waals surface area (Å²) in [5.41, 5.74) is 0.903. The largest absolute Gasteiger partial charge is 0.408 e. The molecule has 0 saturated carbocycles. The first kappa shape index (κ1) is 19.4. The molecule has 0 bridgehead atoms. The summed E-state index contributed by atoms with van der Waals surface area (Å²) in [6.45, 7) is 15.8. The molecule has 22 heavy (non-hydrogen) atoms. The number of ether oxygens (including phenoxy) is 2. The van der Waals surface area contributed by atoms with Crippen LogP contribution in [0.15, 0.2) is 11.6 Å². The molecular weight excluding hydrogens is 294 g/mol. The minimum Gasteiger partial charge on any atom is -0.408 e. The summed E-state index contributed by atoms with van der Waals surface area (Å²) in [5.74, 6) is 0.269. The van der Waals surface area contributed by atoms with Crippen LogP contribution in [0, 0.1) is 17.2 Å². The fourth-order valence-corrected chi connectivity index (χ4v) is 3.82. The highest BCUT2D eigenvalue weighted by molar-refractivity contribution is 6.74. The quantitative estimate of drug-likeness (QED) is 0.581. The molecule has 0 aromatic rings. The predicted molar refractivity (Wildman–Crippen MR) is 91.1 cm³/mol. The molecule has 1 aliphatic rings. The smallest absolute Gasteiger partial charge is 0.192 e. The van der Waals surface area contributed by atoms with Crippen LogP contribution in [0.3, 0.4) is 0 Å². The Morgan fingerprint density at radius 1 is 1.32 bits per heavy atom. The zero-order chi connectivity index (χ0) is 17.1. The van der Waals surface area contributed by atoms with Crippen LogP contribution >= 0.6 is 0 Å². The van der Waals surface area contributed by atoms with E-state index >= 15 is 0 Å². The molecule has 1 fully saturated rings. The molecular formula is C17H31NO3Si. The standard InChI is InChI=1S/C17H31NO3Si/c1-12(9-10-18)15-16(14(19-6)13(2)11-20-15)21-22(7,8)17(3,4)5/h9,13-16H,11H2,1-8H3/b12-9+/t13-,14-,15-,16+/m0/s1. The van der Waals surface area contributed by atoms with Gasteiger partial charge in [-0.2, -0.15) is 5.26 Å². The van der Waals surface area contributed by atoms with E-state index in [0.717, 1.165) is 5.57 Å². The highest BCUT2D eigenvalue weighted by Gasteiger charge is 2.47. The van der Waals surface area contributed by atoms with Gasteiger partial charge in [-0.15, -0.1) is 0 Å². The lowest BCUT2D eigenvalue weighted by Crippen LogP contribution is -2.57. The topological polar surface area (TPSA) is 51.5 Å². The van der Waals surface area contributed by atoms with E-state index in [1.54, 1.807) is 13.2 Å². The van der Waals surface area contributed by atoms with Gasteiger partial charge in [0, 0.05) is 19.1 Å². The number of methoxy groups -OCH3 is 1. The summed E-state index contributed by atoms with van der Waals surface area (Å²) >= 11 is 0. The number of allylic oxidation sites excluding steroid dienone is 1. The van der Waals surface area contributed by atoms with Crippen molar-refractivity contribution in [3.63, 3.8) is 0 Å². The zero-order valence-electron chi connectivity index (χ0n) is 15.3. The molecule has 0 spiro atoms. The molecule has 0 N–H and O–H groups in total. The second-order valence-electron chi connectivity index (χ2n) is 7.79. The maximum absolute atomic E-state index is 8.95. The molecule has 0 aromatic carbocycles. The molecule has 1 aliphatic heterocycles. The molecule has 0 unspecified atom stereocenters. The van der Waals surface area contributed by atoms with Crippen molar-refractivity contribution >= 4 is 8.32 Å². The number of rotatable bonds is 4. The number of nitriles is 1. The molecule has 5 heteroatoms. The van der Waals surface area contributed by atoms with Crippen molar-refractivity contribution in [1.82, 2.24) is 0 Å². The molecule has 0 amide bonds. The van der Waals surface area contributed by atoms with E-state index in [1.165, 1.54) is 0 Å². The summed E-state index contributed by atoms with van der Waals surface area (Å²) < 4.78 is 18.4. The van der Waals surface area contributed by atoms with E-state index in [2.05, 4.69) is 46.9 Å². The van der Waals surface area contributed by atoms with E-state index in [9.17, 15) is 0 Å². The van der Waals surface area contributed by atoms with Crippen LogP contribution in [0.4, 0.5) is 0 Å². The van der Waals surface area contributed by atoms with E-state index in [4.69, 9.17) is 19.2 Å². The first-order chi connectivity index (χ1) is 10.0. The van der Waals surface area contributed by atoms with E-state index in [0.29, 0.717) is 6.61 Å². The van der Waals surface area contributed by atoms with Gasteiger partial charge in [-0.1, -0.05) is 27.7 Å². The van der Waals surface area contributed by atoms with Crippen molar-refractivity contribution in [2.75, 3.05) is 13.7 Å². The minimum absolute atomic E-state index is 0.0186. The maximum Gasteiger partial charge on any atom is 0.192 e. The molecule has 1 heterocycles. The molecule has 0 aromatic heterocycles. The zero-order valence-corrected chi connectivity index (χ0v) is 16.3. The Balaban J connectivity index is 3.13. The highest BCUT2D eigenvalue weighted by Crippen LogP contribution is 2.40. The van der Waals surface area contributed by atoms with E-state index in [-0.39, 0.29) is 29.3 Å².